The Labute approximate surface area is 159 Å². The number of carbonyl (C=O) groups excluding carboxylic acids is 1. The van der Waals surface area contributed by atoms with Crippen LogP contribution in [0.2, 0.25) is 0 Å². The molecule has 1 saturated heterocycles. The van der Waals surface area contributed by atoms with E-state index < -0.39 is 35.3 Å². The van der Waals surface area contributed by atoms with Crippen molar-refractivity contribution >= 4 is 17.8 Å². The Bertz CT molecular complexity index is 814. The summed E-state index contributed by atoms with van der Waals surface area (Å²) in [6.45, 7) is 5.66. The first-order valence-corrected chi connectivity index (χ1v) is 8.65. The van der Waals surface area contributed by atoms with Crippen LogP contribution in [0.5, 0.6) is 0 Å². The van der Waals surface area contributed by atoms with Crippen LogP contribution in [0.4, 0.5) is 23.8 Å². The minimum absolute atomic E-state index is 0.234. The van der Waals surface area contributed by atoms with Crippen LogP contribution in [0, 0.1) is 12.3 Å². The van der Waals surface area contributed by atoms with E-state index in [1.807, 2.05) is 0 Å². The zero-order valence-electron chi connectivity index (χ0n) is 15.1. The largest absolute Gasteiger partial charge is 0.465 e. The number of alkyl halides is 3. The molecule has 1 aliphatic carbocycles. The molecule has 3 rings (SSSR count). The maximum absolute atomic E-state index is 12.9. The van der Waals surface area contributed by atoms with Gasteiger partial charge in [0, 0.05) is 11.5 Å². The lowest BCUT2D eigenvalue weighted by Crippen LogP contribution is -2.45. The molecule has 2 aliphatic rings. The number of rotatable bonds is 6. The number of aromatic nitrogens is 1. The van der Waals surface area contributed by atoms with Gasteiger partial charge >= 0.3 is 12.3 Å². The van der Waals surface area contributed by atoms with Crippen LogP contribution < -0.4 is 5.32 Å². The number of amides is 2. The molecule has 1 aromatic rings. The van der Waals surface area contributed by atoms with E-state index in [2.05, 4.69) is 16.9 Å². The summed E-state index contributed by atoms with van der Waals surface area (Å²) in [5, 5.41) is 11.9. The second-order valence-electron chi connectivity index (χ2n) is 7.14. The Morgan fingerprint density at radius 3 is 2.79 bits per heavy atom. The zero-order valence-corrected chi connectivity index (χ0v) is 15.1. The number of carboxylic acid groups (broad SMARTS) is 1. The van der Waals surface area contributed by atoms with Gasteiger partial charge in [0.25, 0.3) is 0 Å². The molecule has 2 heterocycles. The fraction of sp³-hybridized carbons (Fsp3) is 0.500. The van der Waals surface area contributed by atoms with Crippen LogP contribution in [0.15, 0.2) is 24.8 Å². The van der Waals surface area contributed by atoms with Crippen molar-refractivity contribution < 1.29 is 32.6 Å². The van der Waals surface area contributed by atoms with Crippen LogP contribution in [-0.4, -0.2) is 52.3 Å². The highest BCUT2D eigenvalue weighted by Crippen LogP contribution is 2.59. The predicted molar refractivity (Wildman–Crippen MR) is 92.7 cm³/mol. The Balaban J connectivity index is 1.77. The highest BCUT2D eigenvalue weighted by Gasteiger charge is 2.67. The van der Waals surface area contributed by atoms with Gasteiger partial charge in [-0.2, -0.15) is 13.2 Å². The first-order chi connectivity index (χ1) is 13.1. The number of nitrogens with zero attached hydrogens (tertiary/aromatic N) is 2. The number of hydrogen-bond donors (Lipinski definition) is 2. The van der Waals surface area contributed by atoms with Gasteiger partial charge < -0.3 is 15.2 Å². The molecule has 0 spiro atoms. The molecule has 3 atom stereocenters. The standard InChI is InChI=1S/C18H20F3N3O4/c1-3-6-28-9-17-7-11(24(16(26)27)13(17)8-17)15(25)23-14-10(2)4-5-12(22-14)18(19,20)21/h3-5,11,13H,1,6-9H2,2H3,(H,26,27)(H,22,23,25)/t11-,13-,17-/m0/s1. The first-order valence-electron chi connectivity index (χ1n) is 8.65. The Morgan fingerprint density at radius 2 is 2.18 bits per heavy atom. The third kappa shape index (κ3) is 3.68. The summed E-state index contributed by atoms with van der Waals surface area (Å²) in [5.41, 5.74) is -1.23. The third-order valence-corrected chi connectivity index (χ3v) is 5.20. The van der Waals surface area contributed by atoms with Gasteiger partial charge in [-0.25, -0.2) is 9.78 Å². The SMILES string of the molecule is C=CCOC[C@]12C[C@@H]1N(C(=O)O)[C@H](C(=O)Nc1nc(C(F)(F)F)ccc1C)C2. The lowest BCUT2D eigenvalue weighted by molar-refractivity contribution is -0.141. The van der Waals surface area contributed by atoms with Gasteiger partial charge in [-0.1, -0.05) is 12.1 Å². The van der Waals surface area contributed by atoms with Gasteiger partial charge in [0.2, 0.25) is 5.91 Å². The molecular formula is C18H20F3N3O4. The van der Waals surface area contributed by atoms with Crippen molar-refractivity contribution in [1.82, 2.24) is 9.88 Å². The summed E-state index contributed by atoms with van der Waals surface area (Å²) in [7, 11) is 0. The zero-order chi connectivity index (χ0) is 20.7. The molecule has 0 radical (unpaired) electrons. The second-order valence-corrected chi connectivity index (χ2v) is 7.14. The Morgan fingerprint density at radius 1 is 1.46 bits per heavy atom. The Hall–Kier alpha value is -2.62. The van der Waals surface area contributed by atoms with Crippen molar-refractivity contribution in [3.05, 3.63) is 36.0 Å². The highest BCUT2D eigenvalue weighted by atomic mass is 19.4. The van der Waals surface area contributed by atoms with E-state index in [-0.39, 0.29) is 24.9 Å². The molecule has 2 N–H and O–H groups in total. The number of nitrogens with one attached hydrogen (secondary N) is 1. The third-order valence-electron chi connectivity index (χ3n) is 5.20. The molecule has 28 heavy (non-hydrogen) atoms. The van der Waals surface area contributed by atoms with E-state index in [0.29, 0.717) is 18.6 Å². The van der Waals surface area contributed by atoms with Gasteiger partial charge in [-0.05, 0) is 31.4 Å². The number of hydrogen-bond acceptors (Lipinski definition) is 4. The fourth-order valence-electron chi connectivity index (χ4n) is 3.70. The van der Waals surface area contributed by atoms with Gasteiger partial charge in [-0.3, -0.25) is 9.69 Å². The molecule has 0 unspecified atom stereocenters. The molecule has 0 aromatic carbocycles. The number of anilines is 1. The molecule has 7 nitrogen and oxygen atoms in total. The summed E-state index contributed by atoms with van der Waals surface area (Å²) in [6.07, 6.45) is -3.50. The van der Waals surface area contributed by atoms with Gasteiger partial charge in [0.05, 0.1) is 13.2 Å². The molecule has 1 aromatic heterocycles. The number of likely N-dealkylation sites (tertiary alicyclic amines) is 1. The molecular weight excluding hydrogens is 379 g/mol. The minimum atomic E-state index is -4.65. The topological polar surface area (TPSA) is 91.8 Å². The van der Waals surface area contributed by atoms with E-state index >= 15 is 0 Å². The lowest BCUT2D eigenvalue weighted by Gasteiger charge is -2.24. The van der Waals surface area contributed by atoms with Gasteiger partial charge in [0.15, 0.2) is 0 Å². The number of fused-ring (bicyclic) bond motifs is 1. The molecule has 2 fully saturated rings. The molecule has 2 amide bonds. The summed E-state index contributed by atoms with van der Waals surface area (Å²) < 4.78 is 44.1. The number of pyridine rings is 1. The average molecular weight is 399 g/mol. The number of aryl methyl sites for hydroxylation is 1. The van der Waals surface area contributed by atoms with E-state index in [1.165, 1.54) is 13.0 Å². The van der Waals surface area contributed by atoms with Crippen LogP contribution >= 0.6 is 0 Å². The molecule has 0 bridgehead atoms. The van der Waals surface area contributed by atoms with Crippen LogP contribution in [0.3, 0.4) is 0 Å². The van der Waals surface area contributed by atoms with Crippen molar-refractivity contribution in [3.63, 3.8) is 0 Å². The van der Waals surface area contributed by atoms with E-state index in [9.17, 15) is 27.9 Å². The maximum Gasteiger partial charge on any atom is 0.433 e. The van der Waals surface area contributed by atoms with E-state index in [4.69, 9.17) is 4.74 Å². The summed E-state index contributed by atoms with van der Waals surface area (Å²) in [6, 6.07) is 0.669. The first kappa shape index (κ1) is 20.1. The van der Waals surface area contributed by atoms with Crippen molar-refractivity contribution in [2.45, 2.75) is 38.0 Å². The van der Waals surface area contributed by atoms with Crippen molar-refractivity contribution in [2.24, 2.45) is 5.41 Å². The molecule has 152 valence electrons. The smallest absolute Gasteiger partial charge is 0.433 e. The van der Waals surface area contributed by atoms with Crippen LogP contribution in [0.25, 0.3) is 0 Å². The monoisotopic (exact) mass is 399 g/mol. The molecule has 1 aliphatic heterocycles. The summed E-state index contributed by atoms with van der Waals surface area (Å²) in [5.74, 6) is -0.935. The van der Waals surface area contributed by atoms with Gasteiger partial charge in [0.1, 0.15) is 17.6 Å². The minimum Gasteiger partial charge on any atom is -0.465 e. The van der Waals surface area contributed by atoms with E-state index in [0.717, 1.165) is 11.0 Å². The van der Waals surface area contributed by atoms with Crippen molar-refractivity contribution in [3.8, 4) is 0 Å². The average Bonchev–Trinajstić information content (AvgIpc) is 3.19. The quantitative estimate of drug-likeness (QED) is 0.567. The van der Waals surface area contributed by atoms with Crippen LogP contribution in [-0.2, 0) is 15.7 Å². The van der Waals surface area contributed by atoms with Crippen molar-refractivity contribution in [1.29, 1.82) is 0 Å². The number of piperidine rings is 1. The summed E-state index contributed by atoms with van der Waals surface area (Å²) >= 11 is 0. The number of ether oxygens (including phenoxy) is 1. The number of halogens is 3. The van der Waals surface area contributed by atoms with Crippen LogP contribution in [0.1, 0.15) is 24.1 Å². The van der Waals surface area contributed by atoms with E-state index in [1.54, 1.807) is 6.08 Å². The van der Waals surface area contributed by atoms with Gasteiger partial charge in [-0.15, -0.1) is 6.58 Å². The fourth-order valence-corrected chi connectivity index (χ4v) is 3.70. The van der Waals surface area contributed by atoms with Crippen molar-refractivity contribution in [2.75, 3.05) is 18.5 Å². The highest BCUT2D eigenvalue weighted by molar-refractivity contribution is 5.97. The second kappa shape index (κ2) is 7.08. The molecule has 1 saturated carbocycles. The maximum atomic E-state index is 12.9. The lowest BCUT2D eigenvalue weighted by atomic mass is 10.00. The number of carbonyl (C=O) groups is 2. The molecule has 10 heteroatoms. The normalized spacial score (nSPS) is 25.9. The summed E-state index contributed by atoms with van der Waals surface area (Å²) in [4.78, 5) is 28.9. The Kier molecular flexibility index (Phi) is 5.09. The predicted octanol–water partition coefficient (Wildman–Crippen LogP) is 3.06.